The summed E-state index contributed by atoms with van der Waals surface area (Å²) in [5.74, 6) is -1.55. The van der Waals surface area contributed by atoms with Crippen LogP contribution in [0.25, 0.3) is 0 Å². The fourth-order valence-corrected chi connectivity index (χ4v) is 2.94. The topological polar surface area (TPSA) is 123 Å². The molecule has 3 atom stereocenters. The number of rotatable bonds is 8. The van der Waals surface area contributed by atoms with E-state index in [9.17, 15) is 19.2 Å². The van der Waals surface area contributed by atoms with Gasteiger partial charge in [0.1, 0.15) is 17.7 Å². The Hall–Kier alpha value is -2.32. The van der Waals surface area contributed by atoms with E-state index >= 15 is 0 Å². The molecule has 1 saturated heterocycles. The van der Waals surface area contributed by atoms with E-state index in [-0.39, 0.29) is 24.2 Å². The molecule has 0 saturated carbocycles. The highest BCUT2D eigenvalue weighted by Gasteiger charge is 2.34. The van der Waals surface area contributed by atoms with Crippen molar-refractivity contribution in [2.45, 2.75) is 71.6 Å². The monoisotopic (exact) mass is 399 g/mol. The Labute approximate surface area is 166 Å². The minimum atomic E-state index is -0.971. The van der Waals surface area contributed by atoms with E-state index in [1.165, 1.54) is 7.11 Å². The number of ether oxygens (including phenoxy) is 2. The third-order valence-electron chi connectivity index (χ3n) is 4.20. The molecule has 0 aromatic carbocycles. The van der Waals surface area contributed by atoms with Crippen molar-refractivity contribution in [1.82, 2.24) is 16.0 Å². The van der Waals surface area contributed by atoms with Crippen molar-refractivity contribution in [2.24, 2.45) is 11.8 Å². The van der Waals surface area contributed by atoms with E-state index in [1.807, 2.05) is 13.8 Å². The fourth-order valence-electron chi connectivity index (χ4n) is 2.94. The second-order valence-electron chi connectivity index (χ2n) is 8.43. The van der Waals surface area contributed by atoms with E-state index in [0.717, 1.165) is 0 Å². The van der Waals surface area contributed by atoms with Crippen LogP contribution in [0.5, 0.6) is 0 Å². The Kier molecular flexibility index (Phi) is 8.71. The minimum Gasteiger partial charge on any atom is -0.467 e. The first-order chi connectivity index (χ1) is 12.9. The summed E-state index contributed by atoms with van der Waals surface area (Å²) >= 11 is 0. The molecular weight excluding hydrogens is 366 g/mol. The van der Waals surface area contributed by atoms with Gasteiger partial charge in [-0.15, -0.1) is 0 Å². The fraction of sp³-hybridized carbons (Fsp3) is 0.789. The SMILES string of the molecule is COC(=O)C(CC1CCNC1=O)NC(=O)C(CC(C)C)NC(=O)OC(C)(C)C. The lowest BCUT2D eigenvalue weighted by molar-refractivity contribution is -0.146. The standard InChI is InChI=1S/C19H33N3O6/c1-11(2)9-13(22-18(26)28-19(3,4)5)16(24)21-14(17(25)27-6)10-12-7-8-20-15(12)23/h11-14H,7-10H2,1-6H3,(H,20,23)(H,21,24)(H,22,26). The van der Waals surface area contributed by atoms with Gasteiger partial charge in [0.25, 0.3) is 0 Å². The summed E-state index contributed by atoms with van der Waals surface area (Å²) in [5, 5.41) is 7.89. The van der Waals surface area contributed by atoms with Gasteiger partial charge in [-0.3, -0.25) is 9.59 Å². The molecule has 0 spiro atoms. The maximum Gasteiger partial charge on any atom is 0.408 e. The van der Waals surface area contributed by atoms with E-state index < -0.39 is 35.7 Å². The highest BCUT2D eigenvalue weighted by Crippen LogP contribution is 2.17. The lowest BCUT2D eigenvalue weighted by atomic mass is 9.97. The number of nitrogens with one attached hydrogen (secondary N) is 3. The first-order valence-electron chi connectivity index (χ1n) is 9.58. The Morgan fingerprint density at radius 1 is 1.18 bits per heavy atom. The quantitative estimate of drug-likeness (QED) is 0.526. The van der Waals surface area contributed by atoms with Crippen LogP contribution in [0, 0.1) is 11.8 Å². The van der Waals surface area contributed by atoms with Crippen LogP contribution in [0.15, 0.2) is 0 Å². The van der Waals surface area contributed by atoms with E-state index in [4.69, 9.17) is 9.47 Å². The summed E-state index contributed by atoms with van der Waals surface area (Å²) in [4.78, 5) is 48.8. The predicted octanol–water partition coefficient (Wildman–Crippen LogP) is 1.11. The Morgan fingerprint density at radius 3 is 2.29 bits per heavy atom. The number of carbonyl (C=O) groups excluding carboxylic acids is 4. The second-order valence-corrected chi connectivity index (χ2v) is 8.43. The van der Waals surface area contributed by atoms with Gasteiger partial charge in [0.05, 0.1) is 7.11 Å². The van der Waals surface area contributed by atoms with Gasteiger partial charge in [-0.05, 0) is 46.0 Å². The lowest BCUT2D eigenvalue weighted by Crippen LogP contribution is -2.53. The number of hydrogen-bond acceptors (Lipinski definition) is 6. The van der Waals surface area contributed by atoms with Gasteiger partial charge in [0.2, 0.25) is 11.8 Å². The van der Waals surface area contributed by atoms with Gasteiger partial charge in [-0.25, -0.2) is 9.59 Å². The third kappa shape index (κ3) is 8.14. The molecule has 9 heteroatoms. The molecular formula is C19H33N3O6. The zero-order chi connectivity index (χ0) is 21.5. The van der Waals surface area contributed by atoms with Crippen LogP contribution in [0.3, 0.4) is 0 Å². The molecule has 3 N–H and O–H groups in total. The molecule has 0 aromatic rings. The van der Waals surface area contributed by atoms with Crippen molar-refractivity contribution >= 4 is 23.9 Å². The molecule has 1 rings (SSSR count). The molecule has 1 fully saturated rings. The smallest absolute Gasteiger partial charge is 0.408 e. The molecule has 0 radical (unpaired) electrons. The van der Waals surface area contributed by atoms with Gasteiger partial charge < -0.3 is 25.4 Å². The summed E-state index contributed by atoms with van der Waals surface area (Å²) in [5.41, 5.74) is -0.701. The van der Waals surface area contributed by atoms with E-state index in [2.05, 4.69) is 16.0 Å². The maximum absolute atomic E-state index is 12.8. The normalized spacial score (nSPS) is 18.8. The Bertz CT molecular complexity index is 585. The third-order valence-corrected chi connectivity index (χ3v) is 4.20. The summed E-state index contributed by atoms with van der Waals surface area (Å²) in [6, 6.07) is -1.85. The Morgan fingerprint density at radius 2 is 1.82 bits per heavy atom. The van der Waals surface area contributed by atoms with Crippen LogP contribution in [-0.2, 0) is 23.9 Å². The molecule has 3 amide bonds. The zero-order valence-electron chi connectivity index (χ0n) is 17.6. The van der Waals surface area contributed by atoms with E-state index in [0.29, 0.717) is 19.4 Å². The molecule has 1 aliphatic heterocycles. The van der Waals surface area contributed by atoms with Crippen LogP contribution >= 0.6 is 0 Å². The summed E-state index contributed by atoms with van der Waals surface area (Å²) in [7, 11) is 1.22. The summed E-state index contributed by atoms with van der Waals surface area (Å²) in [6.07, 6.45) is 0.389. The molecule has 1 aliphatic rings. The molecule has 0 aliphatic carbocycles. The van der Waals surface area contributed by atoms with Crippen molar-refractivity contribution in [3.8, 4) is 0 Å². The van der Waals surface area contributed by atoms with Gasteiger partial charge in [-0.2, -0.15) is 0 Å². The van der Waals surface area contributed by atoms with Gasteiger partial charge in [-0.1, -0.05) is 13.8 Å². The van der Waals surface area contributed by atoms with Crippen LogP contribution in [0.4, 0.5) is 4.79 Å². The predicted molar refractivity (Wildman–Crippen MR) is 102 cm³/mol. The van der Waals surface area contributed by atoms with Crippen molar-refractivity contribution in [3.63, 3.8) is 0 Å². The largest absolute Gasteiger partial charge is 0.467 e. The molecule has 0 aromatic heterocycles. The lowest BCUT2D eigenvalue weighted by Gasteiger charge is -2.26. The van der Waals surface area contributed by atoms with Crippen molar-refractivity contribution < 1.29 is 28.7 Å². The summed E-state index contributed by atoms with van der Waals surface area (Å²) < 4.78 is 9.99. The minimum absolute atomic E-state index is 0.114. The molecule has 0 bridgehead atoms. The van der Waals surface area contributed by atoms with Crippen molar-refractivity contribution in [2.75, 3.05) is 13.7 Å². The Balaban J connectivity index is 2.83. The van der Waals surface area contributed by atoms with Gasteiger partial charge >= 0.3 is 12.1 Å². The number of amides is 3. The van der Waals surface area contributed by atoms with Crippen molar-refractivity contribution in [1.29, 1.82) is 0 Å². The molecule has 1 heterocycles. The molecule has 3 unspecified atom stereocenters. The first-order valence-corrected chi connectivity index (χ1v) is 9.58. The number of hydrogen-bond donors (Lipinski definition) is 3. The molecule has 160 valence electrons. The van der Waals surface area contributed by atoms with Crippen molar-refractivity contribution in [3.05, 3.63) is 0 Å². The van der Waals surface area contributed by atoms with Gasteiger partial charge in [0.15, 0.2) is 0 Å². The first kappa shape index (κ1) is 23.7. The van der Waals surface area contributed by atoms with E-state index in [1.54, 1.807) is 20.8 Å². The maximum atomic E-state index is 12.8. The zero-order valence-corrected chi connectivity index (χ0v) is 17.6. The van der Waals surface area contributed by atoms with Gasteiger partial charge in [0, 0.05) is 12.5 Å². The summed E-state index contributed by atoms with van der Waals surface area (Å²) in [6.45, 7) is 9.55. The number of methoxy groups -OCH3 is 1. The molecule has 28 heavy (non-hydrogen) atoms. The average Bonchev–Trinajstić information content (AvgIpc) is 2.95. The highest BCUT2D eigenvalue weighted by atomic mass is 16.6. The average molecular weight is 399 g/mol. The van der Waals surface area contributed by atoms with Crippen LogP contribution in [0.2, 0.25) is 0 Å². The van der Waals surface area contributed by atoms with Crippen LogP contribution in [0.1, 0.15) is 53.9 Å². The second kappa shape index (κ2) is 10.3. The number of alkyl carbamates (subject to hydrolysis) is 1. The molecule has 9 nitrogen and oxygen atoms in total. The number of carbonyl (C=O) groups is 4. The van der Waals surface area contributed by atoms with Crippen LogP contribution in [-0.4, -0.2) is 55.2 Å². The number of esters is 1. The van der Waals surface area contributed by atoms with Crippen LogP contribution < -0.4 is 16.0 Å². The highest BCUT2D eigenvalue weighted by molar-refractivity contribution is 5.90.